The van der Waals surface area contributed by atoms with Gasteiger partial charge in [0.05, 0.1) is 16.8 Å². The maximum Gasteiger partial charge on any atom is 0.344 e. The molecule has 0 aliphatic rings. The van der Waals surface area contributed by atoms with Crippen LogP contribution in [0, 0.1) is 6.92 Å². The van der Waals surface area contributed by atoms with Gasteiger partial charge in [0.1, 0.15) is 9.96 Å². The highest BCUT2D eigenvalue weighted by molar-refractivity contribution is 9.10. The van der Waals surface area contributed by atoms with Gasteiger partial charge in [0.15, 0.2) is 16.4 Å². The number of fused-ring (bicyclic) bond motifs is 1. The second-order valence-electron chi connectivity index (χ2n) is 7.64. The van der Waals surface area contributed by atoms with Crippen LogP contribution in [0.25, 0.3) is 10.1 Å². The molecule has 3 rings (SSSR count). The van der Waals surface area contributed by atoms with Crippen LogP contribution in [0.4, 0.5) is 0 Å². The van der Waals surface area contributed by atoms with E-state index in [1.165, 1.54) is 11.3 Å². The highest BCUT2D eigenvalue weighted by Gasteiger charge is 2.22. The Morgan fingerprint density at radius 3 is 2.74 bits per heavy atom. The van der Waals surface area contributed by atoms with Crippen molar-refractivity contribution in [1.82, 2.24) is 5.32 Å². The molecule has 1 N–H and O–H groups in total. The average molecular weight is 621 g/mol. The van der Waals surface area contributed by atoms with E-state index in [-0.39, 0.29) is 18.3 Å². The molecular formula is C24H27BrClNO5S3. The molecule has 1 aromatic heterocycles. The Morgan fingerprint density at radius 2 is 2.00 bits per heavy atom. The molecule has 11 heteroatoms. The van der Waals surface area contributed by atoms with Crippen molar-refractivity contribution < 1.29 is 22.7 Å². The summed E-state index contributed by atoms with van der Waals surface area (Å²) in [7, 11) is -3.38. The molecule has 0 spiro atoms. The van der Waals surface area contributed by atoms with E-state index in [9.17, 15) is 13.2 Å². The van der Waals surface area contributed by atoms with Crippen LogP contribution in [-0.2, 0) is 19.4 Å². The number of benzene rings is 2. The van der Waals surface area contributed by atoms with E-state index in [4.69, 9.17) is 21.1 Å². The predicted molar refractivity (Wildman–Crippen MR) is 148 cm³/mol. The van der Waals surface area contributed by atoms with Crippen LogP contribution in [0.2, 0.25) is 5.02 Å². The lowest BCUT2D eigenvalue weighted by Crippen LogP contribution is -2.21. The number of esters is 1. The van der Waals surface area contributed by atoms with Gasteiger partial charge in [-0.3, -0.25) is 0 Å². The smallest absolute Gasteiger partial charge is 0.344 e. The van der Waals surface area contributed by atoms with Crippen molar-refractivity contribution in [2.75, 3.05) is 37.8 Å². The van der Waals surface area contributed by atoms with E-state index in [1.807, 2.05) is 31.2 Å². The zero-order valence-corrected chi connectivity index (χ0v) is 24.2. The fraction of sp³-hybridized carbons (Fsp3) is 0.375. The van der Waals surface area contributed by atoms with Gasteiger partial charge in [0.2, 0.25) is 0 Å². The van der Waals surface area contributed by atoms with Crippen molar-refractivity contribution in [3.05, 3.63) is 51.5 Å². The van der Waals surface area contributed by atoms with E-state index in [1.54, 1.807) is 30.8 Å². The maximum absolute atomic E-state index is 12.8. The Hall–Kier alpha value is -1.30. The van der Waals surface area contributed by atoms with E-state index < -0.39 is 9.84 Å². The van der Waals surface area contributed by atoms with Crippen molar-refractivity contribution in [1.29, 1.82) is 0 Å². The summed E-state index contributed by atoms with van der Waals surface area (Å²) in [4.78, 5) is 12.5. The molecule has 0 atom stereocenters. The van der Waals surface area contributed by atoms with Crippen LogP contribution in [0.1, 0.15) is 18.9 Å². The molecule has 2 aromatic carbocycles. The van der Waals surface area contributed by atoms with Gasteiger partial charge >= 0.3 is 5.97 Å². The van der Waals surface area contributed by atoms with Gasteiger partial charge in [-0.05, 0) is 84.7 Å². The van der Waals surface area contributed by atoms with Crippen LogP contribution >= 0.6 is 50.6 Å². The number of carbonyl (C=O) groups is 1. The number of thioether (sulfide) groups is 1. The molecule has 0 aliphatic carbocycles. The first-order valence-electron chi connectivity index (χ1n) is 11.0. The second-order valence-corrected chi connectivity index (χ2v) is 13.4. The third-order valence-corrected chi connectivity index (χ3v) is 11.1. The summed E-state index contributed by atoms with van der Waals surface area (Å²) in [6, 6.07) is 11.2. The molecule has 3 aromatic rings. The number of halogens is 2. The van der Waals surface area contributed by atoms with Crippen LogP contribution in [0.5, 0.6) is 5.75 Å². The highest BCUT2D eigenvalue weighted by atomic mass is 79.9. The van der Waals surface area contributed by atoms with Gasteiger partial charge in [0.25, 0.3) is 0 Å². The molecule has 1 heterocycles. The first kappa shape index (κ1) is 28.3. The lowest BCUT2D eigenvalue weighted by Gasteiger charge is -2.10. The van der Waals surface area contributed by atoms with Gasteiger partial charge in [-0.2, -0.15) is 0 Å². The Bertz CT molecular complexity index is 1280. The van der Waals surface area contributed by atoms with Crippen molar-refractivity contribution in [2.24, 2.45) is 0 Å². The molecule has 0 fully saturated rings. The number of rotatable bonds is 13. The normalized spacial score (nSPS) is 11.7. The van der Waals surface area contributed by atoms with E-state index >= 15 is 0 Å². The molecule has 0 bridgehead atoms. The third kappa shape index (κ3) is 8.10. The Balaban J connectivity index is 1.38. The minimum atomic E-state index is -3.38. The lowest BCUT2D eigenvalue weighted by molar-refractivity contribution is -0.145. The molecule has 0 radical (unpaired) electrons. The molecule has 0 aliphatic heterocycles. The number of hydrogen-bond donors (Lipinski definition) is 1. The fourth-order valence-corrected chi connectivity index (χ4v) is 8.72. The van der Waals surface area contributed by atoms with Crippen molar-refractivity contribution in [3.63, 3.8) is 0 Å². The summed E-state index contributed by atoms with van der Waals surface area (Å²) in [5.41, 5.74) is 0.951. The van der Waals surface area contributed by atoms with Crippen molar-refractivity contribution >= 4 is 76.5 Å². The topological polar surface area (TPSA) is 81.7 Å². The van der Waals surface area contributed by atoms with Crippen LogP contribution in [0.15, 0.2) is 50.0 Å². The average Bonchev–Trinajstić information content (AvgIpc) is 3.14. The summed E-state index contributed by atoms with van der Waals surface area (Å²) in [5, 5.41) is 4.72. The Morgan fingerprint density at radius 1 is 1.20 bits per heavy atom. The van der Waals surface area contributed by atoms with Gasteiger partial charge in [-0.15, -0.1) is 23.1 Å². The molecule has 0 saturated carbocycles. The van der Waals surface area contributed by atoms with E-state index in [0.29, 0.717) is 39.0 Å². The molecule has 0 unspecified atom stereocenters. The number of thiophene rings is 1. The summed E-state index contributed by atoms with van der Waals surface area (Å²) < 4.78 is 37.9. The summed E-state index contributed by atoms with van der Waals surface area (Å²) in [5.74, 6) is 1.21. The highest BCUT2D eigenvalue weighted by Crippen LogP contribution is 2.40. The quantitative estimate of drug-likeness (QED) is 0.140. The summed E-state index contributed by atoms with van der Waals surface area (Å²) >= 11 is 12.5. The van der Waals surface area contributed by atoms with Gasteiger partial charge < -0.3 is 14.8 Å². The molecule has 0 saturated heterocycles. The lowest BCUT2D eigenvalue weighted by atomic mass is 10.2. The fourth-order valence-electron chi connectivity index (χ4n) is 3.28. The Labute approximate surface area is 227 Å². The van der Waals surface area contributed by atoms with E-state index in [2.05, 4.69) is 21.2 Å². The summed E-state index contributed by atoms with van der Waals surface area (Å²) in [6.45, 7) is 5.31. The molecular weight excluding hydrogens is 594 g/mol. The Kier molecular flexibility index (Phi) is 10.7. The monoisotopic (exact) mass is 619 g/mol. The number of sulfone groups is 1. The second kappa shape index (κ2) is 13.3. The maximum atomic E-state index is 12.8. The van der Waals surface area contributed by atoms with Crippen molar-refractivity contribution in [3.8, 4) is 5.75 Å². The largest absolute Gasteiger partial charge is 0.482 e. The van der Waals surface area contributed by atoms with Crippen molar-refractivity contribution in [2.45, 2.75) is 29.4 Å². The van der Waals surface area contributed by atoms with Crippen LogP contribution < -0.4 is 10.1 Å². The predicted octanol–water partition coefficient (Wildman–Crippen LogP) is 6.11. The van der Waals surface area contributed by atoms with Gasteiger partial charge in [-0.1, -0.05) is 11.6 Å². The first-order chi connectivity index (χ1) is 16.7. The minimum absolute atomic E-state index is 0.0821. The van der Waals surface area contributed by atoms with E-state index in [0.717, 1.165) is 32.8 Å². The zero-order valence-electron chi connectivity index (χ0n) is 19.4. The van der Waals surface area contributed by atoms with Gasteiger partial charge in [-0.25, -0.2) is 13.2 Å². The first-order valence-corrected chi connectivity index (χ1v) is 15.7. The molecule has 6 nitrogen and oxygen atoms in total. The minimum Gasteiger partial charge on any atom is -0.482 e. The number of nitrogens with one attached hydrogen (secondary N) is 1. The molecule has 0 amide bonds. The number of aryl methyl sites for hydroxylation is 1. The van der Waals surface area contributed by atoms with Crippen LogP contribution in [0.3, 0.4) is 0 Å². The SMILES string of the molecule is CCOC(=O)COc1ccc(SCCNCCCS(=O)(=O)c2sc3ccc(Cl)cc3c2Br)cc1C. The number of ether oxygens (including phenoxy) is 2. The molecule has 35 heavy (non-hydrogen) atoms. The third-order valence-electron chi connectivity index (χ3n) is 4.95. The van der Waals surface area contributed by atoms with Gasteiger partial charge in [0, 0.05) is 32.3 Å². The summed E-state index contributed by atoms with van der Waals surface area (Å²) in [6.07, 6.45) is 0.528. The number of hydrogen-bond acceptors (Lipinski definition) is 8. The zero-order chi connectivity index (χ0) is 25.4. The van der Waals surface area contributed by atoms with Crippen LogP contribution in [-0.4, -0.2) is 52.2 Å². The molecule has 190 valence electrons. The standard InChI is InChI=1S/C24H27BrClNO5S3/c1-3-31-22(28)15-32-20-7-6-18(13-16(20)2)33-11-10-27-9-4-12-35(29,30)24-23(25)19-14-17(26)5-8-21(19)34-24/h5-8,13-14,27H,3-4,9-12,15H2,1-2H3. The number of carbonyl (C=O) groups excluding carboxylic acids is 1.